The van der Waals surface area contributed by atoms with E-state index in [1.807, 2.05) is 30.3 Å². The molecule has 0 aromatic heterocycles. The Bertz CT molecular complexity index is 649. The minimum Gasteiger partial charge on any atom is -0.478 e. The number of hydrogen-bond donors (Lipinski definition) is 1. The van der Waals surface area contributed by atoms with Crippen molar-refractivity contribution in [3.05, 3.63) is 65.7 Å². The van der Waals surface area contributed by atoms with Crippen molar-refractivity contribution in [1.29, 1.82) is 0 Å². The Labute approximate surface area is 109 Å². The van der Waals surface area contributed by atoms with Crippen LogP contribution in [0.2, 0.25) is 0 Å². The highest BCUT2D eigenvalue weighted by molar-refractivity contribution is 6.48. The molecule has 0 saturated carbocycles. The number of hydrogen-bond acceptors (Lipinski definition) is 4. The second-order valence-corrected chi connectivity index (χ2v) is 4.22. The zero-order chi connectivity index (χ0) is 13.2. The quantitative estimate of drug-likeness (QED) is 0.628. The highest BCUT2D eigenvalue weighted by atomic mass is 16.5. The third kappa shape index (κ3) is 1.87. The smallest absolute Gasteiger partial charge is 0.218 e. The molecule has 0 radical (unpaired) electrons. The summed E-state index contributed by atoms with van der Waals surface area (Å²) < 4.78 is 5.78. The summed E-state index contributed by atoms with van der Waals surface area (Å²) in [7, 11) is 0. The lowest BCUT2D eigenvalue weighted by atomic mass is 9.94. The van der Waals surface area contributed by atoms with Gasteiger partial charge in [0.1, 0.15) is 5.75 Å². The minimum atomic E-state index is -0.673. The van der Waals surface area contributed by atoms with Gasteiger partial charge in [-0.1, -0.05) is 47.6 Å². The van der Waals surface area contributed by atoms with Gasteiger partial charge in [0.25, 0.3) is 0 Å². The summed E-state index contributed by atoms with van der Waals surface area (Å²) in [5.74, 6) is 0.201. The summed E-state index contributed by atoms with van der Waals surface area (Å²) in [6.07, 6.45) is -0.673. The summed E-state index contributed by atoms with van der Waals surface area (Å²) in [5.41, 5.74) is 1.20. The highest BCUT2D eigenvalue weighted by Gasteiger charge is 2.34. The van der Waals surface area contributed by atoms with Crippen molar-refractivity contribution in [3.63, 3.8) is 0 Å². The van der Waals surface area contributed by atoms with E-state index in [1.165, 1.54) is 0 Å². The van der Waals surface area contributed by atoms with Crippen LogP contribution in [0.1, 0.15) is 22.0 Å². The van der Waals surface area contributed by atoms with Gasteiger partial charge in [-0.15, -0.1) is 0 Å². The molecule has 0 bridgehead atoms. The van der Waals surface area contributed by atoms with Crippen LogP contribution in [0.5, 0.6) is 5.75 Å². The van der Waals surface area contributed by atoms with Crippen molar-refractivity contribution >= 4 is 11.5 Å². The number of ether oxygens (including phenoxy) is 1. The zero-order valence-electron chi connectivity index (χ0n) is 9.98. The number of Topliss-reactive ketones (excluding diaryl/α,β-unsaturated/α-hetero) is 1. The second kappa shape index (κ2) is 4.57. The predicted molar refractivity (Wildman–Crippen MR) is 69.8 cm³/mol. The van der Waals surface area contributed by atoms with Crippen LogP contribution in [0.25, 0.3) is 0 Å². The molecule has 1 atom stereocenters. The van der Waals surface area contributed by atoms with Crippen molar-refractivity contribution < 1.29 is 14.7 Å². The Hall–Kier alpha value is -2.62. The SMILES string of the molecule is O=C1/C(=N/O)[C@H](c2ccccc2)Oc2ccccc21. The summed E-state index contributed by atoms with van der Waals surface area (Å²) >= 11 is 0. The van der Waals surface area contributed by atoms with Crippen LogP contribution >= 0.6 is 0 Å². The van der Waals surface area contributed by atoms with Crippen LogP contribution in [0.15, 0.2) is 59.8 Å². The van der Waals surface area contributed by atoms with Gasteiger partial charge in [-0.2, -0.15) is 0 Å². The number of carbonyl (C=O) groups is 1. The topological polar surface area (TPSA) is 58.9 Å². The molecule has 1 aliphatic rings. The Morgan fingerprint density at radius 3 is 2.42 bits per heavy atom. The molecule has 1 N–H and O–H groups in total. The molecule has 0 saturated heterocycles. The summed E-state index contributed by atoms with van der Waals surface area (Å²) in [6, 6.07) is 16.2. The standard InChI is InChI=1S/C15H11NO3/c17-14-11-8-4-5-9-12(11)19-15(13(14)16-18)10-6-2-1-3-7-10/h1-9,15,18H/b16-13-/t15-/m0/s1. The first-order chi connectivity index (χ1) is 9.31. The maximum absolute atomic E-state index is 12.3. The molecule has 0 amide bonds. The number of fused-ring (bicyclic) bond motifs is 1. The largest absolute Gasteiger partial charge is 0.478 e. The number of nitrogens with zero attached hydrogens (tertiary/aromatic N) is 1. The van der Waals surface area contributed by atoms with Gasteiger partial charge < -0.3 is 9.94 Å². The number of benzene rings is 2. The van der Waals surface area contributed by atoms with Crippen molar-refractivity contribution in [2.45, 2.75) is 6.10 Å². The van der Waals surface area contributed by atoms with Gasteiger partial charge in [-0.3, -0.25) is 4.79 Å². The van der Waals surface area contributed by atoms with Gasteiger partial charge >= 0.3 is 0 Å². The number of rotatable bonds is 1. The van der Waals surface area contributed by atoms with E-state index in [4.69, 9.17) is 9.94 Å². The molecule has 94 valence electrons. The lowest BCUT2D eigenvalue weighted by Gasteiger charge is -2.25. The number of ketones is 1. The number of para-hydroxylation sites is 1. The maximum Gasteiger partial charge on any atom is 0.218 e. The first-order valence-corrected chi connectivity index (χ1v) is 5.88. The van der Waals surface area contributed by atoms with E-state index >= 15 is 0 Å². The monoisotopic (exact) mass is 253 g/mol. The molecule has 2 aromatic rings. The normalized spacial score (nSPS) is 19.9. The van der Waals surface area contributed by atoms with Crippen LogP contribution in [0.4, 0.5) is 0 Å². The Morgan fingerprint density at radius 2 is 1.68 bits per heavy atom. The van der Waals surface area contributed by atoms with Crippen molar-refractivity contribution in [1.82, 2.24) is 0 Å². The maximum atomic E-state index is 12.3. The molecule has 0 aliphatic carbocycles. The van der Waals surface area contributed by atoms with Crippen molar-refractivity contribution in [3.8, 4) is 5.75 Å². The van der Waals surface area contributed by atoms with Gasteiger partial charge in [0.15, 0.2) is 11.8 Å². The van der Waals surface area contributed by atoms with Crippen molar-refractivity contribution in [2.24, 2.45) is 5.16 Å². The van der Waals surface area contributed by atoms with Crippen LogP contribution in [-0.4, -0.2) is 16.7 Å². The summed E-state index contributed by atoms with van der Waals surface area (Å²) in [4.78, 5) is 12.3. The molecule has 4 heteroatoms. The third-order valence-corrected chi connectivity index (χ3v) is 3.07. The van der Waals surface area contributed by atoms with Gasteiger partial charge in [-0.25, -0.2) is 0 Å². The molecule has 3 rings (SSSR count). The lowest BCUT2D eigenvalue weighted by molar-refractivity contribution is 0.102. The fourth-order valence-electron chi connectivity index (χ4n) is 2.15. The number of carbonyl (C=O) groups excluding carboxylic acids is 1. The average molecular weight is 253 g/mol. The van der Waals surface area contributed by atoms with Crippen LogP contribution in [0, 0.1) is 0 Å². The zero-order valence-corrected chi connectivity index (χ0v) is 9.98. The highest BCUT2D eigenvalue weighted by Crippen LogP contribution is 2.33. The summed E-state index contributed by atoms with van der Waals surface area (Å²) in [5, 5.41) is 12.2. The molecule has 0 unspecified atom stereocenters. The number of oxime groups is 1. The average Bonchev–Trinajstić information content (AvgIpc) is 2.48. The van der Waals surface area contributed by atoms with E-state index in [1.54, 1.807) is 24.3 Å². The van der Waals surface area contributed by atoms with E-state index in [0.717, 1.165) is 5.56 Å². The molecular weight excluding hydrogens is 242 g/mol. The molecule has 19 heavy (non-hydrogen) atoms. The fraction of sp³-hybridized carbons (Fsp3) is 0.0667. The Morgan fingerprint density at radius 1 is 1.00 bits per heavy atom. The Balaban J connectivity index is 2.11. The van der Waals surface area contributed by atoms with Crippen LogP contribution in [-0.2, 0) is 0 Å². The molecular formula is C15H11NO3. The fourth-order valence-corrected chi connectivity index (χ4v) is 2.15. The van der Waals surface area contributed by atoms with E-state index < -0.39 is 6.10 Å². The second-order valence-electron chi connectivity index (χ2n) is 4.22. The molecule has 0 fully saturated rings. The predicted octanol–water partition coefficient (Wildman–Crippen LogP) is 2.83. The Kier molecular flexibility index (Phi) is 2.76. The van der Waals surface area contributed by atoms with Crippen LogP contribution < -0.4 is 4.74 Å². The van der Waals surface area contributed by atoms with E-state index in [0.29, 0.717) is 11.3 Å². The van der Waals surface area contributed by atoms with Gasteiger partial charge in [0.05, 0.1) is 5.56 Å². The first-order valence-electron chi connectivity index (χ1n) is 5.88. The van der Waals surface area contributed by atoms with Gasteiger partial charge in [0.2, 0.25) is 5.78 Å². The van der Waals surface area contributed by atoms with Gasteiger partial charge in [0, 0.05) is 0 Å². The molecule has 2 aromatic carbocycles. The molecule has 1 heterocycles. The minimum absolute atomic E-state index is 0.00454. The first kappa shape index (κ1) is 11.5. The van der Waals surface area contributed by atoms with Crippen molar-refractivity contribution in [2.75, 3.05) is 0 Å². The molecule has 4 nitrogen and oxygen atoms in total. The third-order valence-electron chi connectivity index (χ3n) is 3.07. The van der Waals surface area contributed by atoms with Gasteiger partial charge in [-0.05, 0) is 17.7 Å². The lowest BCUT2D eigenvalue weighted by Crippen LogP contribution is -2.32. The summed E-state index contributed by atoms with van der Waals surface area (Å²) in [6.45, 7) is 0. The van der Waals surface area contributed by atoms with Crippen LogP contribution in [0.3, 0.4) is 0 Å². The van der Waals surface area contributed by atoms with E-state index in [-0.39, 0.29) is 11.5 Å². The molecule has 1 aliphatic heterocycles. The van der Waals surface area contributed by atoms with E-state index in [9.17, 15) is 4.79 Å². The van der Waals surface area contributed by atoms with E-state index in [2.05, 4.69) is 5.16 Å². The molecule has 0 spiro atoms.